The Labute approximate surface area is 175 Å². The number of aromatic nitrogens is 1. The first-order valence-corrected chi connectivity index (χ1v) is 10.8. The maximum absolute atomic E-state index is 12.1. The number of benzene rings is 2. The number of carbonyl (C=O) groups is 2. The number of nitrogens with one attached hydrogen (secondary N) is 1. The second-order valence-corrected chi connectivity index (χ2v) is 8.68. The summed E-state index contributed by atoms with van der Waals surface area (Å²) >= 11 is 3.23. The molecule has 0 bridgehead atoms. The molecule has 0 radical (unpaired) electrons. The number of thiophene rings is 1. The molecule has 0 aliphatic heterocycles. The van der Waals surface area contributed by atoms with Crippen LogP contribution in [0.25, 0.3) is 21.3 Å². The molecule has 4 rings (SSSR count). The Kier molecular flexibility index (Phi) is 5.69. The van der Waals surface area contributed by atoms with Crippen LogP contribution in [0.1, 0.15) is 26.7 Å². The van der Waals surface area contributed by atoms with Crippen LogP contribution in [0.4, 0.5) is 0 Å². The number of aryl methyl sites for hydroxylation is 1. The van der Waals surface area contributed by atoms with Gasteiger partial charge in [0.05, 0.1) is 27.3 Å². The number of carbonyl (C=O) groups excluding carboxylic acids is 1. The summed E-state index contributed by atoms with van der Waals surface area (Å²) in [7, 11) is 0. The molecule has 0 aliphatic carbocycles. The van der Waals surface area contributed by atoms with Gasteiger partial charge < -0.3 is 10.4 Å². The molecule has 0 saturated heterocycles. The van der Waals surface area contributed by atoms with Gasteiger partial charge in [0.1, 0.15) is 0 Å². The van der Waals surface area contributed by atoms with E-state index in [9.17, 15) is 9.59 Å². The zero-order valence-electron chi connectivity index (χ0n) is 15.4. The first-order valence-electron chi connectivity index (χ1n) is 9.11. The third kappa shape index (κ3) is 4.70. The number of nitrogens with zero attached hydrogens (tertiary/aromatic N) is 1. The number of hydrogen-bond acceptors (Lipinski definition) is 5. The predicted molar refractivity (Wildman–Crippen MR) is 117 cm³/mol. The van der Waals surface area contributed by atoms with E-state index in [1.807, 2.05) is 35.7 Å². The number of aromatic carboxylic acids is 1. The molecular formula is C22H18N2O3S2. The number of carboxylic acid groups (broad SMARTS) is 1. The van der Waals surface area contributed by atoms with Crippen molar-refractivity contribution in [3.63, 3.8) is 0 Å². The minimum absolute atomic E-state index is 0.0249. The molecule has 0 unspecified atom stereocenters. The van der Waals surface area contributed by atoms with Gasteiger partial charge >= 0.3 is 5.97 Å². The zero-order chi connectivity index (χ0) is 20.2. The summed E-state index contributed by atoms with van der Waals surface area (Å²) < 4.78 is 1.07. The summed E-state index contributed by atoms with van der Waals surface area (Å²) in [5, 5.41) is 14.9. The van der Waals surface area contributed by atoms with Crippen LogP contribution >= 0.6 is 22.7 Å². The fourth-order valence-corrected chi connectivity index (χ4v) is 4.57. The monoisotopic (exact) mass is 422 g/mol. The molecule has 0 fully saturated rings. The van der Waals surface area contributed by atoms with E-state index in [1.54, 1.807) is 46.9 Å². The van der Waals surface area contributed by atoms with Gasteiger partial charge in [-0.05, 0) is 46.8 Å². The van der Waals surface area contributed by atoms with Crippen molar-refractivity contribution in [3.8, 4) is 11.1 Å². The summed E-state index contributed by atoms with van der Waals surface area (Å²) in [4.78, 5) is 28.9. The normalized spacial score (nSPS) is 10.9. The van der Waals surface area contributed by atoms with Crippen LogP contribution in [0, 0.1) is 0 Å². The van der Waals surface area contributed by atoms with Crippen LogP contribution in [0.3, 0.4) is 0 Å². The molecule has 4 aromatic rings. The van der Waals surface area contributed by atoms with Crippen LogP contribution in [0.5, 0.6) is 0 Å². The largest absolute Gasteiger partial charge is 0.478 e. The van der Waals surface area contributed by atoms with E-state index in [4.69, 9.17) is 5.11 Å². The van der Waals surface area contributed by atoms with Gasteiger partial charge in [-0.1, -0.05) is 24.3 Å². The molecule has 2 aromatic heterocycles. The maximum Gasteiger partial charge on any atom is 0.335 e. The molecule has 0 atom stereocenters. The molecular weight excluding hydrogens is 404 g/mol. The topological polar surface area (TPSA) is 79.3 Å². The van der Waals surface area contributed by atoms with E-state index >= 15 is 0 Å². The lowest BCUT2D eigenvalue weighted by molar-refractivity contribution is -0.121. The predicted octanol–water partition coefficient (Wildman–Crippen LogP) is 4.97. The standard InChI is InChI=1S/C22H18N2O3S2/c25-20(23-13-17-2-1-11-28-17)9-10-21-24-18-12-16(7-8-19(18)29-21)14-3-5-15(6-4-14)22(26)27/h1-8,11-12H,9-10,13H2,(H,23,25)(H,26,27). The number of hydrogen-bond donors (Lipinski definition) is 2. The Balaban J connectivity index is 1.41. The fourth-order valence-electron chi connectivity index (χ4n) is 2.97. The van der Waals surface area contributed by atoms with Crippen LogP contribution in [0.2, 0.25) is 0 Å². The van der Waals surface area contributed by atoms with E-state index < -0.39 is 5.97 Å². The van der Waals surface area contributed by atoms with Crippen molar-refractivity contribution in [2.24, 2.45) is 0 Å². The van der Waals surface area contributed by atoms with E-state index in [0.29, 0.717) is 19.4 Å². The third-order valence-electron chi connectivity index (χ3n) is 4.50. The maximum atomic E-state index is 12.1. The summed E-state index contributed by atoms with van der Waals surface area (Å²) in [6.07, 6.45) is 1.02. The minimum atomic E-state index is -0.935. The lowest BCUT2D eigenvalue weighted by atomic mass is 10.0. The Morgan fingerprint density at radius 2 is 1.83 bits per heavy atom. The van der Waals surface area contributed by atoms with Gasteiger partial charge in [-0.3, -0.25) is 4.79 Å². The Morgan fingerprint density at radius 1 is 1.03 bits per heavy atom. The van der Waals surface area contributed by atoms with Crippen molar-refractivity contribution in [2.45, 2.75) is 19.4 Å². The van der Waals surface area contributed by atoms with Crippen molar-refractivity contribution in [1.82, 2.24) is 10.3 Å². The van der Waals surface area contributed by atoms with Gasteiger partial charge in [-0.2, -0.15) is 0 Å². The Hall–Kier alpha value is -3.03. The molecule has 0 spiro atoms. The van der Waals surface area contributed by atoms with Crippen LogP contribution < -0.4 is 5.32 Å². The summed E-state index contributed by atoms with van der Waals surface area (Å²) in [5.74, 6) is -0.910. The zero-order valence-corrected chi connectivity index (χ0v) is 17.1. The summed E-state index contributed by atoms with van der Waals surface area (Å²) in [5.41, 5.74) is 3.09. The van der Waals surface area contributed by atoms with Gasteiger partial charge in [-0.15, -0.1) is 22.7 Å². The van der Waals surface area contributed by atoms with Gasteiger partial charge in [0.15, 0.2) is 0 Å². The first-order chi connectivity index (χ1) is 14.1. The average Bonchev–Trinajstić information content (AvgIpc) is 3.39. The van der Waals surface area contributed by atoms with E-state index in [2.05, 4.69) is 10.3 Å². The molecule has 29 heavy (non-hydrogen) atoms. The number of fused-ring (bicyclic) bond motifs is 1. The smallest absolute Gasteiger partial charge is 0.335 e. The number of carboxylic acids is 1. The first kappa shape index (κ1) is 19.3. The van der Waals surface area contributed by atoms with Crippen LogP contribution in [0.15, 0.2) is 60.0 Å². The molecule has 2 aromatic carbocycles. The Morgan fingerprint density at radius 3 is 2.55 bits per heavy atom. The highest BCUT2D eigenvalue weighted by Crippen LogP contribution is 2.28. The number of thiazole rings is 1. The fraction of sp³-hybridized carbons (Fsp3) is 0.136. The Bertz CT molecular complexity index is 1150. The quantitative estimate of drug-likeness (QED) is 0.441. The van der Waals surface area contributed by atoms with Gasteiger partial charge in [-0.25, -0.2) is 9.78 Å². The highest BCUT2D eigenvalue weighted by atomic mass is 32.1. The van der Waals surface area contributed by atoms with Gasteiger partial charge in [0.2, 0.25) is 5.91 Å². The van der Waals surface area contributed by atoms with E-state index in [1.165, 1.54) is 0 Å². The second kappa shape index (κ2) is 8.55. The molecule has 0 saturated carbocycles. The van der Waals surface area contributed by atoms with Crippen molar-refractivity contribution in [3.05, 3.63) is 75.4 Å². The molecule has 146 valence electrons. The summed E-state index contributed by atoms with van der Waals surface area (Å²) in [6, 6.07) is 16.8. The minimum Gasteiger partial charge on any atom is -0.478 e. The van der Waals surface area contributed by atoms with Gasteiger partial charge in [0.25, 0.3) is 0 Å². The highest BCUT2D eigenvalue weighted by Gasteiger charge is 2.09. The molecule has 0 aliphatic rings. The number of amides is 1. The average molecular weight is 423 g/mol. The molecule has 5 nitrogen and oxygen atoms in total. The van der Waals surface area contributed by atoms with Crippen molar-refractivity contribution < 1.29 is 14.7 Å². The molecule has 2 heterocycles. The third-order valence-corrected chi connectivity index (χ3v) is 6.48. The van der Waals surface area contributed by atoms with E-state index in [-0.39, 0.29) is 11.5 Å². The lowest BCUT2D eigenvalue weighted by Gasteiger charge is -2.02. The molecule has 7 heteroatoms. The number of rotatable bonds is 7. The van der Waals surface area contributed by atoms with Crippen LogP contribution in [-0.2, 0) is 17.8 Å². The van der Waals surface area contributed by atoms with Gasteiger partial charge in [0, 0.05) is 17.7 Å². The van der Waals surface area contributed by atoms with E-state index in [0.717, 1.165) is 31.2 Å². The molecule has 2 N–H and O–H groups in total. The van der Waals surface area contributed by atoms with Crippen LogP contribution in [-0.4, -0.2) is 22.0 Å². The summed E-state index contributed by atoms with van der Waals surface area (Å²) in [6.45, 7) is 0.570. The van der Waals surface area contributed by atoms with Crippen molar-refractivity contribution >= 4 is 44.8 Å². The lowest BCUT2D eigenvalue weighted by Crippen LogP contribution is -2.22. The van der Waals surface area contributed by atoms with Crippen molar-refractivity contribution in [1.29, 1.82) is 0 Å². The highest BCUT2D eigenvalue weighted by molar-refractivity contribution is 7.18. The molecule has 1 amide bonds. The van der Waals surface area contributed by atoms with Crippen molar-refractivity contribution in [2.75, 3.05) is 0 Å². The second-order valence-electron chi connectivity index (χ2n) is 6.53. The SMILES string of the molecule is O=C(CCc1nc2cc(-c3ccc(C(=O)O)cc3)ccc2s1)NCc1cccs1.